The average Bonchev–Trinajstić information content (AvgIpc) is 3.10. The number of carbonyl (C=O) groups is 1. The lowest BCUT2D eigenvalue weighted by atomic mass is 10.1. The lowest BCUT2D eigenvalue weighted by Crippen LogP contribution is -2.38. The van der Waals surface area contributed by atoms with E-state index < -0.39 is 0 Å². The first-order valence-corrected chi connectivity index (χ1v) is 9.95. The minimum atomic E-state index is 0.260. The van der Waals surface area contributed by atoms with Crippen molar-refractivity contribution in [1.82, 2.24) is 15.1 Å². The molecule has 3 rings (SSSR count). The Morgan fingerprint density at radius 3 is 2.54 bits per heavy atom. The Morgan fingerprint density at radius 2 is 1.89 bits per heavy atom. The van der Waals surface area contributed by atoms with Gasteiger partial charge in [-0.05, 0) is 29.2 Å². The van der Waals surface area contributed by atoms with Crippen LogP contribution < -0.4 is 5.32 Å². The van der Waals surface area contributed by atoms with Gasteiger partial charge in [0.1, 0.15) is 0 Å². The van der Waals surface area contributed by atoms with Gasteiger partial charge in [-0.25, -0.2) is 0 Å². The molecule has 0 unspecified atom stereocenters. The number of nitrogens with one attached hydrogen (secondary N) is 1. The predicted octanol–water partition coefficient (Wildman–Crippen LogP) is 3.67. The lowest BCUT2D eigenvalue weighted by Gasteiger charge is -2.23. The summed E-state index contributed by atoms with van der Waals surface area (Å²) in [4.78, 5) is 20.1. The molecule has 0 spiro atoms. The van der Waals surface area contributed by atoms with Crippen LogP contribution >= 0.6 is 11.6 Å². The maximum Gasteiger partial charge on any atom is 0.222 e. The van der Waals surface area contributed by atoms with Gasteiger partial charge in [-0.1, -0.05) is 54.1 Å². The van der Waals surface area contributed by atoms with E-state index in [1.54, 1.807) is 7.05 Å². The number of likely N-dealkylation sites (tertiary alicyclic amines) is 1. The third-order valence-electron chi connectivity index (χ3n) is 4.96. The fourth-order valence-electron chi connectivity index (χ4n) is 3.38. The molecule has 6 heteroatoms. The molecule has 2 aromatic rings. The number of carbonyl (C=O) groups excluding carboxylic acids is 1. The van der Waals surface area contributed by atoms with Crippen LogP contribution in [0.3, 0.4) is 0 Å². The number of rotatable bonds is 6. The van der Waals surface area contributed by atoms with Crippen LogP contribution in [-0.2, 0) is 24.4 Å². The van der Waals surface area contributed by atoms with Crippen LogP contribution in [0.1, 0.15) is 29.5 Å². The Kier molecular flexibility index (Phi) is 6.93. The van der Waals surface area contributed by atoms with E-state index in [-0.39, 0.29) is 5.91 Å². The topological polar surface area (TPSA) is 47.9 Å². The van der Waals surface area contributed by atoms with Gasteiger partial charge in [-0.15, -0.1) is 0 Å². The van der Waals surface area contributed by atoms with Crippen LogP contribution in [0.5, 0.6) is 0 Å². The Bertz CT molecular complexity index is 835. The summed E-state index contributed by atoms with van der Waals surface area (Å²) in [7, 11) is 3.77. The number of hydrogen-bond acceptors (Lipinski definition) is 2. The van der Waals surface area contributed by atoms with E-state index in [2.05, 4.69) is 39.5 Å². The second kappa shape index (κ2) is 9.60. The van der Waals surface area contributed by atoms with Gasteiger partial charge < -0.3 is 15.1 Å². The van der Waals surface area contributed by atoms with Gasteiger partial charge in [0.15, 0.2) is 5.96 Å². The number of guanidine groups is 1. The van der Waals surface area contributed by atoms with E-state index in [9.17, 15) is 4.79 Å². The third kappa shape index (κ3) is 5.26. The van der Waals surface area contributed by atoms with Crippen molar-refractivity contribution in [3.8, 4) is 0 Å². The van der Waals surface area contributed by atoms with Crippen molar-refractivity contribution in [2.45, 2.75) is 32.5 Å². The standard InChI is InChI=1S/C22H27ClN4O/c1-24-22(26(2)16-19-6-3-4-7-20(19)23)25-14-17-9-11-18(12-10-17)15-27-13-5-8-21(27)28/h3-4,6-7,9-12H,5,8,13-16H2,1-2H3,(H,24,25). The Hall–Kier alpha value is -2.53. The Balaban J connectivity index is 1.53. The molecule has 1 fully saturated rings. The molecule has 1 N–H and O–H groups in total. The second-order valence-corrected chi connectivity index (χ2v) is 7.49. The largest absolute Gasteiger partial charge is 0.352 e. The summed E-state index contributed by atoms with van der Waals surface area (Å²) < 4.78 is 0. The summed E-state index contributed by atoms with van der Waals surface area (Å²) in [6, 6.07) is 16.2. The first kappa shape index (κ1) is 20.2. The van der Waals surface area contributed by atoms with Crippen LogP contribution in [0.25, 0.3) is 0 Å². The second-order valence-electron chi connectivity index (χ2n) is 7.08. The summed E-state index contributed by atoms with van der Waals surface area (Å²) >= 11 is 6.26. The van der Waals surface area contributed by atoms with Gasteiger partial charge in [0.05, 0.1) is 0 Å². The molecule has 1 aliphatic rings. The van der Waals surface area contributed by atoms with Crippen LogP contribution in [0.2, 0.25) is 5.02 Å². The number of nitrogens with zero attached hydrogens (tertiary/aromatic N) is 3. The first-order chi connectivity index (χ1) is 13.6. The van der Waals surface area contributed by atoms with Crippen molar-refractivity contribution in [2.24, 2.45) is 4.99 Å². The molecule has 0 aromatic heterocycles. The molecule has 1 amide bonds. The Labute approximate surface area is 172 Å². The van der Waals surface area contributed by atoms with Crippen LogP contribution in [0.15, 0.2) is 53.5 Å². The van der Waals surface area contributed by atoms with Gasteiger partial charge in [0.25, 0.3) is 0 Å². The normalized spacial score (nSPS) is 14.5. The molecular weight excluding hydrogens is 372 g/mol. The van der Waals surface area contributed by atoms with Crippen molar-refractivity contribution >= 4 is 23.5 Å². The van der Waals surface area contributed by atoms with E-state index in [4.69, 9.17) is 11.6 Å². The van der Waals surface area contributed by atoms with Gasteiger partial charge >= 0.3 is 0 Å². The number of benzene rings is 2. The molecule has 148 valence electrons. The SMILES string of the molecule is CN=C(NCc1ccc(CN2CCCC2=O)cc1)N(C)Cc1ccccc1Cl. The van der Waals surface area contributed by atoms with E-state index >= 15 is 0 Å². The fourth-order valence-corrected chi connectivity index (χ4v) is 3.57. The van der Waals surface area contributed by atoms with E-state index in [0.29, 0.717) is 26.1 Å². The molecular formula is C22H27ClN4O. The average molecular weight is 399 g/mol. The minimum Gasteiger partial charge on any atom is -0.352 e. The highest BCUT2D eigenvalue weighted by molar-refractivity contribution is 6.31. The van der Waals surface area contributed by atoms with Crippen molar-refractivity contribution in [3.05, 3.63) is 70.2 Å². The molecule has 0 aliphatic carbocycles. The Morgan fingerprint density at radius 1 is 1.18 bits per heavy atom. The maximum atomic E-state index is 11.8. The zero-order valence-electron chi connectivity index (χ0n) is 16.5. The van der Waals surface area contributed by atoms with Crippen molar-refractivity contribution in [3.63, 3.8) is 0 Å². The summed E-state index contributed by atoms with van der Waals surface area (Å²) in [6.07, 6.45) is 1.66. The molecule has 2 aromatic carbocycles. The van der Waals surface area contributed by atoms with Crippen LogP contribution in [0, 0.1) is 0 Å². The number of halogens is 1. The number of hydrogen-bond donors (Lipinski definition) is 1. The molecule has 1 aliphatic heterocycles. The van der Waals surface area contributed by atoms with Crippen molar-refractivity contribution in [1.29, 1.82) is 0 Å². The van der Waals surface area contributed by atoms with Gasteiger partial charge in [-0.2, -0.15) is 0 Å². The highest BCUT2D eigenvalue weighted by Crippen LogP contribution is 2.17. The van der Waals surface area contributed by atoms with E-state index in [1.807, 2.05) is 36.2 Å². The molecule has 0 bridgehead atoms. The maximum absolute atomic E-state index is 11.8. The van der Waals surface area contributed by atoms with Crippen LogP contribution in [-0.4, -0.2) is 42.3 Å². The molecule has 1 saturated heterocycles. The fraction of sp³-hybridized carbons (Fsp3) is 0.364. The van der Waals surface area contributed by atoms with E-state index in [0.717, 1.165) is 29.5 Å². The number of aliphatic imine (C=N–C) groups is 1. The first-order valence-electron chi connectivity index (χ1n) is 9.57. The summed E-state index contributed by atoms with van der Waals surface area (Å²) in [5, 5.41) is 4.15. The third-order valence-corrected chi connectivity index (χ3v) is 5.33. The molecule has 28 heavy (non-hydrogen) atoms. The zero-order chi connectivity index (χ0) is 19.9. The van der Waals surface area contributed by atoms with Crippen molar-refractivity contribution in [2.75, 3.05) is 20.6 Å². The highest BCUT2D eigenvalue weighted by atomic mass is 35.5. The molecule has 0 radical (unpaired) electrons. The monoisotopic (exact) mass is 398 g/mol. The van der Waals surface area contributed by atoms with Gasteiger partial charge in [0, 0.05) is 51.7 Å². The van der Waals surface area contributed by atoms with Crippen LogP contribution in [0.4, 0.5) is 0 Å². The highest BCUT2D eigenvalue weighted by Gasteiger charge is 2.19. The summed E-state index contributed by atoms with van der Waals surface area (Å²) in [5.74, 6) is 1.07. The minimum absolute atomic E-state index is 0.260. The van der Waals surface area contributed by atoms with E-state index in [1.165, 1.54) is 11.1 Å². The summed E-state index contributed by atoms with van der Waals surface area (Å²) in [6.45, 7) is 2.94. The van der Waals surface area contributed by atoms with Gasteiger partial charge in [0.2, 0.25) is 5.91 Å². The molecule has 1 heterocycles. The predicted molar refractivity (Wildman–Crippen MR) is 114 cm³/mol. The quantitative estimate of drug-likeness (QED) is 0.596. The summed E-state index contributed by atoms with van der Waals surface area (Å²) in [5.41, 5.74) is 3.40. The molecule has 5 nitrogen and oxygen atoms in total. The number of amides is 1. The zero-order valence-corrected chi connectivity index (χ0v) is 17.2. The van der Waals surface area contributed by atoms with Crippen molar-refractivity contribution < 1.29 is 4.79 Å². The molecule has 0 saturated carbocycles. The van der Waals surface area contributed by atoms with Gasteiger partial charge in [-0.3, -0.25) is 9.79 Å². The lowest BCUT2D eigenvalue weighted by molar-refractivity contribution is -0.128. The smallest absolute Gasteiger partial charge is 0.222 e. The molecule has 0 atom stereocenters.